The normalized spacial score (nSPS) is 9.89. The lowest BCUT2D eigenvalue weighted by Gasteiger charge is -2.10. The fourth-order valence-corrected chi connectivity index (χ4v) is 1.71. The number of benzene rings is 2. The van der Waals surface area contributed by atoms with E-state index in [2.05, 4.69) is 6.58 Å². The van der Waals surface area contributed by atoms with Gasteiger partial charge in [0, 0.05) is 11.6 Å². The molecule has 0 aliphatic heterocycles. The highest BCUT2D eigenvalue weighted by Gasteiger charge is 2.14. The number of ether oxygens (including phenoxy) is 1. The third kappa shape index (κ3) is 3.01. The van der Waals surface area contributed by atoms with Crippen LogP contribution in [0.25, 0.3) is 0 Å². The smallest absolute Gasteiger partial charge is 0.196 e. The van der Waals surface area contributed by atoms with Crippen LogP contribution >= 0.6 is 0 Å². The fourth-order valence-electron chi connectivity index (χ4n) is 1.71. The highest BCUT2D eigenvalue weighted by atomic mass is 16.5. The molecule has 0 saturated carbocycles. The monoisotopic (exact) mass is 254 g/mol. The molecule has 2 aromatic rings. The molecule has 0 spiro atoms. The summed E-state index contributed by atoms with van der Waals surface area (Å²) in [7, 11) is 0. The maximum absolute atomic E-state index is 12.4. The first-order chi connectivity index (χ1) is 9.22. The first kappa shape index (κ1) is 12.9. The van der Waals surface area contributed by atoms with Crippen molar-refractivity contribution < 1.29 is 14.6 Å². The van der Waals surface area contributed by atoms with Crippen molar-refractivity contribution in [2.75, 3.05) is 6.61 Å². The number of carbonyl (C=O) groups is 1. The molecule has 0 radical (unpaired) electrons. The Labute approximate surface area is 111 Å². The molecule has 0 amide bonds. The van der Waals surface area contributed by atoms with Gasteiger partial charge in [0.05, 0.1) is 5.56 Å². The van der Waals surface area contributed by atoms with Gasteiger partial charge in [-0.15, -0.1) is 0 Å². The van der Waals surface area contributed by atoms with Crippen LogP contribution < -0.4 is 4.74 Å². The average molecular weight is 254 g/mol. The summed E-state index contributed by atoms with van der Waals surface area (Å²) in [6.07, 6.45) is 1.58. The highest BCUT2D eigenvalue weighted by Crippen LogP contribution is 2.26. The molecule has 0 saturated heterocycles. The van der Waals surface area contributed by atoms with Crippen molar-refractivity contribution in [2.45, 2.75) is 0 Å². The van der Waals surface area contributed by atoms with Crippen LogP contribution in [0.1, 0.15) is 15.9 Å². The molecule has 19 heavy (non-hydrogen) atoms. The number of ketones is 1. The van der Waals surface area contributed by atoms with Crippen molar-refractivity contribution in [3.8, 4) is 11.5 Å². The molecule has 96 valence electrons. The largest absolute Gasteiger partial charge is 0.508 e. The molecule has 3 nitrogen and oxygen atoms in total. The predicted molar refractivity (Wildman–Crippen MR) is 73.7 cm³/mol. The second kappa shape index (κ2) is 5.87. The molecule has 0 unspecified atom stereocenters. The summed E-state index contributed by atoms with van der Waals surface area (Å²) in [4.78, 5) is 12.4. The van der Waals surface area contributed by atoms with E-state index in [1.807, 2.05) is 6.07 Å². The van der Waals surface area contributed by atoms with Crippen LogP contribution in [0.3, 0.4) is 0 Å². The minimum Gasteiger partial charge on any atom is -0.508 e. The molecule has 0 bridgehead atoms. The van der Waals surface area contributed by atoms with E-state index >= 15 is 0 Å². The van der Waals surface area contributed by atoms with E-state index in [9.17, 15) is 9.90 Å². The molecular weight excluding hydrogens is 240 g/mol. The zero-order chi connectivity index (χ0) is 13.7. The second-order valence-corrected chi connectivity index (χ2v) is 3.98. The third-order valence-electron chi connectivity index (χ3n) is 2.60. The van der Waals surface area contributed by atoms with E-state index in [0.717, 1.165) is 0 Å². The number of rotatable bonds is 5. The Hall–Kier alpha value is -2.55. The summed E-state index contributed by atoms with van der Waals surface area (Å²) in [6, 6.07) is 13.4. The Balaban J connectivity index is 2.38. The molecule has 0 aliphatic carbocycles. The van der Waals surface area contributed by atoms with Gasteiger partial charge < -0.3 is 9.84 Å². The van der Waals surface area contributed by atoms with Gasteiger partial charge in [0.25, 0.3) is 0 Å². The molecule has 1 N–H and O–H groups in total. The molecular formula is C16H14O3. The molecule has 2 rings (SSSR count). The van der Waals surface area contributed by atoms with Crippen molar-refractivity contribution in [3.05, 3.63) is 72.3 Å². The number of phenolic OH excluding ortho intramolecular Hbond substituents is 1. The Bertz CT molecular complexity index is 588. The van der Waals surface area contributed by atoms with Crippen molar-refractivity contribution in [1.29, 1.82) is 0 Å². The zero-order valence-corrected chi connectivity index (χ0v) is 10.4. The first-order valence-corrected chi connectivity index (χ1v) is 5.89. The zero-order valence-electron chi connectivity index (χ0n) is 10.4. The lowest BCUT2D eigenvalue weighted by Crippen LogP contribution is -2.05. The summed E-state index contributed by atoms with van der Waals surface area (Å²) in [5.41, 5.74) is 1.00. The number of aromatic hydroxyl groups is 1. The van der Waals surface area contributed by atoms with Gasteiger partial charge in [-0.3, -0.25) is 4.79 Å². The summed E-state index contributed by atoms with van der Waals surface area (Å²) in [5.74, 6) is 0.275. The molecule has 0 heterocycles. The topological polar surface area (TPSA) is 46.5 Å². The maximum atomic E-state index is 12.4. The van der Waals surface area contributed by atoms with E-state index in [4.69, 9.17) is 4.74 Å². The molecule has 0 fully saturated rings. The summed E-state index contributed by atoms with van der Waals surface area (Å²) < 4.78 is 5.41. The SMILES string of the molecule is C=CCOc1cc(O)ccc1C(=O)c1ccccc1. The van der Waals surface area contributed by atoms with Crippen molar-refractivity contribution in [3.63, 3.8) is 0 Å². The van der Waals surface area contributed by atoms with E-state index in [-0.39, 0.29) is 18.1 Å². The van der Waals surface area contributed by atoms with Gasteiger partial charge in [-0.2, -0.15) is 0 Å². The minimum atomic E-state index is -0.139. The van der Waals surface area contributed by atoms with Gasteiger partial charge >= 0.3 is 0 Å². The van der Waals surface area contributed by atoms with Crippen molar-refractivity contribution >= 4 is 5.78 Å². The third-order valence-corrected chi connectivity index (χ3v) is 2.60. The summed E-state index contributed by atoms with van der Waals surface area (Å²) in [6.45, 7) is 3.83. The first-order valence-electron chi connectivity index (χ1n) is 5.89. The Morgan fingerprint density at radius 1 is 1.21 bits per heavy atom. The lowest BCUT2D eigenvalue weighted by molar-refractivity contribution is 0.103. The van der Waals surface area contributed by atoms with Crippen molar-refractivity contribution in [1.82, 2.24) is 0 Å². The van der Waals surface area contributed by atoms with Crippen LogP contribution in [0.2, 0.25) is 0 Å². The van der Waals surface area contributed by atoms with Gasteiger partial charge in [-0.1, -0.05) is 43.0 Å². The van der Waals surface area contributed by atoms with Crippen LogP contribution in [-0.4, -0.2) is 17.5 Å². The second-order valence-electron chi connectivity index (χ2n) is 3.98. The van der Waals surface area contributed by atoms with Crippen molar-refractivity contribution in [2.24, 2.45) is 0 Å². The molecule has 2 aromatic carbocycles. The predicted octanol–water partition coefficient (Wildman–Crippen LogP) is 3.19. The number of hydrogen-bond acceptors (Lipinski definition) is 3. The van der Waals surface area contributed by atoms with Gasteiger partial charge in [-0.05, 0) is 12.1 Å². The number of hydrogen-bond donors (Lipinski definition) is 1. The lowest BCUT2D eigenvalue weighted by atomic mass is 10.0. The van der Waals surface area contributed by atoms with Gasteiger partial charge in [0.1, 0.15) is 18.1 Å². The van der Waals surface area contributed by atoms with Crippen LogP contribution in [0, 0.1) is 0 Å². The Morgan fingerprint density at radius 3 is 2.63 bits per heavy atom. The molecule has 3 heteroatoms. The van der Waals surface area contributed by atoms with Crippen LogP contribution in [0.15, 0.2) is 61.2 Å². The standard InChI is InChI=1S/C16H14O3/c1-2-10-19-15-11-13(17)8-9-14(15)16(18)12-6-4-3-5-7-12/h2-9,11,17H,1,10H2. The van der Waals surface area contributed by atoms with Gasteiger partial charge in [0.15, 0.2) is 5.78 Å². The summed E-state index contributed by atoms with van der Waals surface area (Å²) >= 11 is 0. The minimum absolute atomic E-state index is 0.0590. The molecule has 0 atom stereocenters. The average Bonchev–Trinajstić information content (AvgIpc) is 2.45. The van der Waals surface area contributed by atoms with Crippen LogP contribution in [0.5, 0.6) is 11.5 Å². The van der Waals surface area contributed by atoms with Gasteiger partial charge in [-0.25, -0.2) is 0 Å². The Kier molecular flexibility index (Phi) is 3.98. The molecule has 0 aliphatic rings. The molecule has 0 aromatic heterocycles. The van der Waals surface area contributed by atoms with E-state index in [1.54, 1.807) is 36.4 Å². The summed E-state index contributed by atoms with van der Waals surface area (Å²) in [5, 5.41) is 9.47. The highest BCUT2D eigenvalue weighted by molar-refractivity contribution is 6.10. The van der Waals surface area contributed by atoms with E-state index in [0.29, 0.717) is 16.9 Å². The van der Waals surface area contributed by atoms with Crippen LogP contribution in [-0.2, 0) is 0 Å². The Morgan fingerprint density at radius 2 is 1.95 bits per heavy atom. The quantitative estimate of drug-likeness (QED) is 0.658. The number of carbonyl (C=O) groups excluding carboxylic acids is 1. The van der Waals surface area contributed by atoms with Gasteiger partial charge in [0.2, 0.25) is 0 Å². The van der Waals surface area contributed by atoms with Crippen LogP contribution in [0.4, 0.5) is 0 Å². The maximum Gasteiger partial charge on any atom is 0.196 e. The van der Waals surface area contributed by atoms with E-state index < -0.39 is 0 Å². The number of phenols is 1. The fraction of sp³-hybridized carbons (Fsp3) is 0.0625. The van der Waals surface area contributed by atoms with E-state index in [1.165, 1.54) is 12.1 Å².